The molecule has 0 fully saturated rings. The summed E-state index contributed by atoms with van der Waals surface area (Å²) >= 11 is 1.79. The number of hydrogen-bond donors (Lipinski definition) is 0. The Balaban J connectivity index is 1.17. The first-order valence-corrected chi connectivity index (χ1v) is 17.8. The fraction of sp³-hybridized carbons (Fsp3) is 0. The second-order valence-corrected chi connectivity index (χ2v) is 13.9. The molecule has 4 aromatic heterocycles. The molecule has 0 saturated heterocycles. The Kier molecular flexibility index (Phi) is 6.05. The van der Waals surface area contributed by atoms with E-state index in [2.05, 4.69) is 120 Å². The molecule has 11 aromatic rings. The Hall–Kier alpha value is -6.63. The number of aromatic nitrogens is 4. The molecular weight excluding hydrogens is 645 g/mol. The van der Waals surface area contributed by atoms with Crippen molar-refractivity contribution < 1.29 is 4.42 Å². The van der Waals surface area contributed by atoms with Crippen molar-refractivity contribution in [2.75, 3.05) is 0 Å². The van der Waals surface area contributed by atoms with Crippen LogP contribution in [-0.2, 0) is 0 Å². The van der Waals surface area contributed by atoms with Crippen LogP contribution in [0.2, 0.25) is 0 Å². The maximum Gasteiger partial charge on any atom is 0.164 e. The summed E-state index contributed by atoms with van der Waals surface area (Å²) in [5, 5.41) is 6.87. The van der Waals surface area contributed by atoms with E-state index in [-0.39, 0.29) is 0 Å². The number of rotatable bonds is 4. The van der Waals surface area contributed by atoms with Crippen molar-refractivity contribution in [1.29, 1.82) is 0 Å². The van der Waals surface area contributed by atoms with Gasteiger partial charge in [-0.1, -0.05) is 103 Å². The van der Waals surface area contributed by atoms with Gasteiger partial charge in [0, 0.05) is 53.0 Å². The number of fused-ring (bicyclic) bond motifs is 9. The van der Waals surface area contributed by atoms with Crippen molar-refractivity contribution >= 4 is 75.3 Å². The first kappa shape index (κ1) is 28.2. The maximum atomic E-state index is 6.51. The number of nitrogens with zero attached hydrogens (tertiary/aromatic N) is 4. The second kappa shape index (κ2) is 10.9. The van der Waals surface area contributed by atoms with Gasteiger partial charge >= 0.3 is 0 Å². The van der Waals surface area contributed by atoms with Gasteiger partial charge in [-0.2, -0.15) is 0 Å². The Morgan fingerprint density at radius 3 is 1.88 bits per heavy atom. The fourth-order valence-corrected chi connectivity index (χ4v) is 8.75. The van der Waals surface area contributed by atoms with Crippen LogP contribution in [0.4, 0.5) is 0 Å². The molecule has 0 atom stereocenters. The normalized spacial score (nSPS) is 11.9. The van der Waals surface area contributed by atoms with Crippen LogP contribution in [0, 0.1) is 0 Å². The SMILES string of the molecule is c1ccc(-c2nc(-c3ccc4oc5cccc(-n6c7ccccc7c7ccccc76)c5c4c3)nc(-c3cccc4sc5ccccc5c34)n2)cc1. The van der Waals surface area contributed by atoms with Gasteiger partial charge in [0.05, 0.1) is 22.1 Å². The predicted octanol–water partition coefficient (Wildman–Crippen LogP) is 12.2. The summed E-state index contributed by atoms with van der Waals surface area (Å²) in [5.74, 6) is 1.90. The summed E-state index contributed by atoms with van der Waals surface area (Å²) in [7, 11) is 0. The van der Waals surface area contributed by atoms with Crippen molar-refractivity contribution in [1.82, 2.24) is 19.5 Å². The third kappa shape index (κ3) is 4.30. The van der Waals surface area contributed by atoms with Crippen LogP contribution >= 0.6 is 11.3 Å². The van der Waals surface area contributed by atoms with E-state index in [1.165, 1.54) is 30.9 Å². The fourth-order valence-electron chi connectivity index (χ4n) is 7.62. The van der Waals surface area contributed by atoms with Crippen molar-refractivity contribution in [2.24, 2.45) is 0 Å². The molecule has 0 unspecified atom stereocenters. The Labute approximate surface area is 295 Å². The highest BCUT2D eigenvalue weighted by molar-refractivity contribution is 7.25. The number of hydrogen-bond acceptors (Lipinski definition) is 5. The third-order valence-electron chi connectivity index (χ3n) is 9.86. The maximum absolute atomic E-state index is 6.51. The van der Waals surface area contributed by atoms with E-state index >= 15 is 0 Å². The Morgan fingerprint density at radius 2 is 1.08 bits per heavy atom. The van der Waals surface area contributed by atoms with Crippen LogP contribution in [0.15, 0.2) is 162 Å². The molecule has 7 aromatic carbocycles. The van der Waals surface area contributed by atoms with Gasteiger partial charge in [-0.05, 0) is 54.6 Å². The van der Waals surface area contributed by atoms with Gasteiger partial charge in [-0.3, -0.25) is 0 Å². The largest absolute Gasteiger partial charge is 0.456 e. The monoisotopic (exact) mass is 670 g/mol. The lowest BCUT2D eigenvalue weighted by Crippen LogP contribution is -2.00. The summed E-state index contributed by atoms with van der Waals surface area (Å²) in [6.07, 6.45) is 0. The van der Waals surface area contributed by atoms with Gasteiger partial charge in [0.2, 0.25) is 0 Å². The molecular formula is C45H26N4OS. The quantitative estimate of drug-likeness (QED) is 0.187. The standard InChI is InChI=1S/C45H26N4OS/c1-2-12-27(13-3-1)43-46-44(48-45(47-43)32-17-10-23-40-41(32)31-16-6-9-22-39(31)51-40)28-24-25-37-33(26-28)42-36(20-11-21-38(42)50-37)49-34-18-7-4-14-29(34)30-15-5-8-19-35(30)49/h1-26H. The summed E-state index contributed by atoms with van der Waals surface area (Å²) in [6, 6.07) is 54.9. The van der Waals surface area contributed by atoms with Crippen LogP contribution < -0.4 is 0 Å². The number of thiophene rings is 1. The molecule has 0 aliphatic carbocycles. The average Bonchev–Trinajstić information content (AvgIpc) is 3.87. The molecule has 0 radical (unpaired) electrons. The van der Waals surface area contributed by atoms with Gasteiger partial charge in [0.15, 0.2) is 17.5 Å². The number of para-hydroxylation sites is 2. The van der Waals surface area contributed by atoms with Crippen LogP contribution in [0.5, 0.6) is 0 Å². The molecule has 11 rings (SSSR count). The smallest absolute Gasteiger partial charge is 0.164 e. The summed E-state index contributed by atoms with van der Waals surface area (Å²) in [4.78, 5) is 15.4. The number of benzene rings is 7. The first-order chi connectivity index (χ1) is 25.3. The minimum absolute atomic E-state index is 0.612. The van der Waals surface area contributed by atoms with Gasteiger partial charge in [-0.25, -0.2) is 15.0 Å². The minimum atomic E-state index is 0.612. The molecule has 0 bridgehead atoms. The number of furan rings is 1. The molecule has 0 aliphatic heterocycles. The molecule has 0 spiro atoms. The van der Waals surface area contributed by atoms with Crippen LogP contribution in [-0.4, -0.2) is 19.5 Å². The van der Waals surface area contributed by atoms with Crippen molar-refractivity contribution in [3.63, 3.8) is 0 Å². The van der Waals surface area contributed by atoms with Crippen molar-refractivity contribution in [3.8, 4) is 39.9 Å². The topological polar surface area (TPSA) is 56.7 Å². The van der Waals surface area contributed by atoms with Gasteiger partial charge in [-0.15, -0.1) is 11.3 Å². The Morgan fingerprint density at radius 1 is 0.431 bits per heavy atom. The molecule has 238 valence electrons. The summed E-state index contributed by atoms with van der Waals surface area (Å²) in [6.45, 7) is 0. The van der Waals surface area contributed by atoms with Gasteiger partial charge in [0.1, 0.15) is 11.2 Å². The third-order valence-corrected chi connectivity index (χ3v) is 11.0. The van der Waals surface area contributed by atoms with Gasteiger partial charge in [0.25, 0.3) is 0 Å². The predicted molar refractivity (Wildman–Crippen MR) is 211 cm³/mol. The minimum Gasteiger partial charge on any atom is -0.456 e. The lowest BCUT2D eigenvalue weighted by Gasteiger charge is -2.11. The van der Waals surface area contributed by atoms with Crippen LogP contribution in [0.25, 0.3) is 104 Å². The van der Waals surface area contributed by atoms with E-state index in [0.29, 0.717) is 17.5 Å². The molecule has 5 nitrogen and oxygen atoms in total. The van der Waals surface area contributed by atoms with E-state index in [1.807, 2.05) is 42.5 Å². The zero-order chi connectivity index (χ0) is 33.5. The molecule has 6 heteroatoms. The van der Waals surface area contributed by atoms with Crippen LogP contribution in [0.1, 0.15) is 0 Å². The van der Waals surface area contributed by atoms with Crippen molar-refractivity contribution in [3.05, 3.63) is 158 Å². The van der Waals surface area contributed by atoms with E-state index in [4.69, 9.17) is 19.4 Å². The Bertz CT molecular complexity index is 3100. The molecule has 0 saturated carbocycles. The highest BCUT2D eigenvalue weighted by Crippen LogP contribution is 2.42. The molecule has 0 N–H and O–H groups in total. The first-order valence-electron chi connectivity index (χ1n) is 16.9. The van der Waals surface area contributed by atoms with E-state index < -0.39 is 0 Å². The lowest BCUT2D eigenvalue weighted by molar-refractivity contribution is 0.669. The van der Waals surface area contributed by atoms with Crippen LogP contribution in [0.3, 0.4) is 0 Å². The average molecular weight is 671 g/mol. The molecule has 0 aliphatic rings. The van der Waals surface area contributed by atoms with E-state index in [1.54, 1.807) is 11.3 Å². The highest BCUT2D eigenvalue weighted by atomic mass is 32.1. The summed E-state index contributed by atoms with van der Waals surface area (Å²) in [5.41, 5.74) is 7.85. The van der Waals surface area contributed by atoms with E-state index in [0.717, 1.165) is 55.3 Å². The van der Waals surface area contributed by atoms with E-state index in [9.17, 15) is 0 Å². The highest BCUT2D eigenvalue weighted by Gasteiger charge is 2.20. The van der Waals surface area contributed by atoms with Gasteiger partial charge < -0.3 is 8.98 Å². The molecule has 0 amide bonds. The second-order valence-electron chi connectivity index (χ2n) is 12.8. The van der Waals surface area contributed by atoms with Crippen molar-refractivity contribution in [2.45, 2.75) is 0 Å². The molecule has 51 heavy (non-hydrogen) atoms. The molecule has 4 heterocycles. The summed E-state index contributed by atoms with van der Waals surface area (Å²) < 4.78 is 11.3. The zero-order valence-electron chi connectivity index (χ0n) is 27.1. The zero-order valence-corrected chi connectivity index (χ0v) is 27.9. The lowest BCUT2D eigenvalue weighted by atomic mass is 10.0.